The second kappa shape index (κ2) is 7.75. The van der Waals surface area contributed by atoms with E-state index >= 15 is 0 Å². The summed E-state index contributed by atoms with van der Waals surface area (Å²) in [4.78, 5) is 48.9. The van der Waals surface area contributed by atoms with Gasteiger partial charge in [0.2, 0.25) is 0 Å². The van der Waals surface area contributed by atoms with E-state index < -0.39 is 41.7 Å². The van der Waals surface area contributed by atoms with Gasteiger partial charge in [-0.25, -0.2) is 4.79 Å². The summed E-state index contributed by atoms with van der Waals surface area (Å²) in [6.07, 6.45) is 3.58. The third-order valence-corrected chi connectivity index (χ3v) is 5.53. The van der Waals surface area contributed by atoms with E-state index in [0.29, 0.717) is 17.2 Å². The highest BCUT2D eigenvalue weighted by Gasteiger charge is 2.45. The summed E-state index contributed by atoms with van der Waals surface area (Å²) >= 11 is 0. The summed E-state index contributed by atoms with van der Waals surface area (Å²) < 4.78 is 16.8. The molecule has 1 saturated heterocycles. The fourth-order valence-electron chi connectivity index (χ4n) is 3.93. The van der Waals surface area contributed by atoms with Crippen molar-refractivity contribution in [1.29, 1.82) is 0 Å². The summed E-state index contributed by atoms with van der Waals surface area (Å²) in [6, 6.07) is 4.56. The average Bonchev–Trinajstić information content (AvgIpc) is 3.36. The molecule has 0 atom stereocenters. The van der Waals surface area contributed by atoms with Crippen molar-refractivity contribution < 1.29 is 33.4 Å². The fraction of sp³-hybridized carbons (Fsp3) is 0.524. The molecule has 2 aliphatic heterocycles. The zero-order valence-corrected chi connectivity index (χ0v) is 17.5. The number of ether oxygens (including phenoxy) is 3. The highest BCUT2D eigenvalue weighted by Crippen LogP contribution is 2.47. The third kappa shape index (κ3) is 4.28. The predicted molar refractivity (Wildman–Crippen MR) is 107 cm³/mol. The van der Waals surface area contributed by atoms with E-state index in [-0.39, 0.29) is 13.0 Å². The normalized spacial score (nSPS) is 20.1. The van der Waals surface area contributed by atoms with Gasteiger partial charge in [0.15, 0.2) is 18.1 Å². The Hall–Kier alpha value is -3.30. The first-order valence-electron chi connectivity index (χ1n) is 10.3. The molecule has 4 rings (SSSR count). The minimum absolute atomic E-state index is 0.113. The van der Waals surface area contributed by atoms with E-state index in [1.807, 2.05) is 0 Å². The third-order valence-electron chi connectivity index (χ3n) is 5.53. The molecule has 2 N–H and O–H groups in total. The number of imide groups is 1. The molecule has 1 aromatic carbocycles. The highest BCUT2D eigenvalue weighted by molar-refractivity contribution is 6.06. The number of fused-ring (bicyclic) bond motifs is 1. The Labute approximate surface area is 179 Å². The molecule has 2 fully saturated rings. The van der Waals surface area contributed by atoms with Crippen LogP contribution in [0.15, 0.2) is 18.2 Å². The molecule has 1 aromatic rings. The molecular formula is C21H25N3O7. The minimum Gasteiger partial charge on any atom is -0.456 e. The lowest BCUT2D eigenvalue weighted by atomic mass is 10.1. The van der Waals surface area contributed by atoms with Crippen molar-refractivity contribution in [3.05, 3.63) is 18.2 Å². The zero-order valence-electron chi connectivity index (χ0n) is 17.5. The number of benzene rings is 1. The lowest BCUT2D eigenvalue weighted by molar-refractivity contribution is -0.147. The van der Waals surface area contributed by atoms with Gasteiger partial charge in [0.05, 0.1) is 6.42 Å². The summed E-state index contributed by atoms with van der Waals surface area (Å²) in [6.45, 7) is 2.57. The van der Waals surface area contributed by atoms with Crippen LogP contribution in [-0.4, -0.2) is 53.2 Å². The van der Waals surface area contributed by atoms with Gasteiger partial charge in [-0.2, -0.15) is 0 Å². The van der Waals surface area contributed by atoms with Gasteiger partial charge in [-0.05, 0) is 38.8 Å². The molecule has 0 aromatic heterocycles. The lowest BCUT2D eigenvalue weighted by Crippen LogP contribution is -2.40. The molecule has 10 heteroatoms. The van der Waals surface area contributed by atoms with E-state index in [2.05, 4.69) is 10.6 Å². The van der Waals surface area contributed by atoms with Crippen LogP contribution in [0.4, 0.5) is 10.5 Å². The van der Waals surface area contributed by atoms with Crippen LogP contribution in [0, 0.1) is 0 Å². The van der Waals surface area contributed by atoms with Crippen molar-refractivity contribution in [3.63, 3.8) is 0 Å². The summed E-state index contributed by atoms with van der Waals surface area (Å²) in [5.74, 6) is -0.967. The summed E-state index contributed by atoms with van der Waals surface area (Å²) in [5, 5.41) is 5.18. The van der Waals surface area contributed by atoms with Gasteiger partial charge in [-0.3, -0.25) is 19.3 Å². The van der Waals surface area contributed by atoms with E-state index in [0.717, 1.165) is 30.6 Å². The molecule has 1 saturated carbocycles. The van der Waals surface area contributed by atoms with E-state index in [1.54, 1.807) is 32.0 Å². The highest BCUT2D eigenvalue weighted by atomic mass is 16.7. The van der Waals surface area contributed by atoms with Crippen molar-refractivity contribution in [2.45, 2.75) is 57.3 Å². The molecular weight excluding hydrogens is 406 g/mol. The van der Waals surface area contributed by atoms with Crippen LogP contribution in [0.3, 0.4) is 0 Å². The number of hydrogen-bond acceptors (Lipinski definition) is 7. The molecule has 2 heterocycles. The number of hydrogen-bond donors (Lipinski definition) is 2. The zero-order chi connectivity index (χ0) is 22.2. The number of carbonyl (C=O) groups is 4. The number of nitrogens with zero attached hydrogens (tertiary/aromatic N) is 1. The number of carbonyl (C=O) groups excluding carboxylic acids is 4. The van der Waals surface area contributed by atoms with Crippen LogP contribution < -0.4 is 20.1 Å². The number of nitrogens with one attached hydrogen (secondary N) is 2. The Balaban J connectivity index is 1.23. The van der Waals surface area contributed by atoms with Gasteiger partial charge in [-0.1, -0.05) is 0 Å². The second-order valence-corrected chi connectivity index (χ2v) is 8.45. The first kappa shape index (κ1) is 21.0. The van der Waals surface area contributed by atoms with Crippen LogP contribution in [0.2, 0.25) is 0 Å². The Morgan fingerprint density at radius 1 is 1.16 bits per heavy atom. The first-order valence-corrected chi connectivity index (χ1v) is 10.3. The number of esters is 1. The fourth-order valence-corrected chi connectivity index (χ4v) is 3.93. The maximum atomic E-state index is 12.1. The molecule has 31 heavy (non-hydrogen) atoms. The standard InChI is InChI=1S/C21H25N3O7/c1-20(2)18(27)24(19(28)23-20)10-7-17(26)29-12-16(25)22-13-5-6-14-15(11-13)31-21(30-14)8-3-4-9-21/h5-6,11H,3-4,7-10,12H2,1-2H3,(H,22,25)(H,23,28). The molecule has 0 radical (unpaired) electrons. The van der Waals surface area contributed by atoms with Crippen molar-refractivity contribution in [2.24, 2.45) is 0 Å². The molecule has 4 amide bonds. The largest absolute Gasteiger partial charge is 0.456 e. The Bertz CT molecular complexity index is 937. The maximum absolute atomic E-state index is 12.1. The monoisotopic (exact) mass is 431 g/mol. The lowest BCUT2D eigenvalue weighted by Gasteiger charge is -2.21. The van der Waals surface area contributed by atoms with Crippen LogP contribution in [-0.2, 0) is 19.1 Å². The van der Waals surface area contributed by atoms with Gasteiger partial charge in [0, 0.05) is 31.1 Å². The Morgan fingerprint density at radius 3 is 2.55 bits per heavy atom. The molecule has 1 spiro atoms. The molecule has 3 aliphatic rings. The van der Waals surface area contributed by atoms with E-state index in [4.69, 9.17) is 14.2 Å². The van der Waals surface area contributed by atoms with Crippen molar-refractivity contribution in [1.82, 2.24) is 10.2 Å². The quantitative estimate of drug-likeness (QED) is 0.521. The maximum Gasteiger partial charge on any atom is 0.325 e. The number of rotatable bonds is 6. The number of amides is 4. The van der Waals surface area contributed by atoms with Crippen molar-refractivity contribution in [2.75, 3.05) is 18.5 Å². The predicted octanol–water partition coefficient (Wildman–Crippen LogP) is 1.93. The van der Waals surface area contributed by atoms with Crippen LogP contribution in [0.1, 0.15) is 46.0 Å². The molecule has 0 bridgehead atoms. The number of anilines is 1. The first-order chi connectivity index (χ1) is 14.7. The van der Waals surface area contributed by atoms with Gasteiger partial charge >= 0.3 is 12.0 Å². The van der Waals surface area contributed by atoms with E-state index in [1.165, 1.54) is 0 Å². The van der Waals surface area contributed by atoms with E-state index in [9.17, 15) is 19.2 Å². The van der Waals surface area contributed by atoms with Crippen molar-refractivity contribution >= 4 is 29.5 Å². The summed E-state index contributed by atoms with van der Waals surface area (Å²) in [7, 11) is 0. The average molecular weight is 431 g/mol. The smallest absolute Gasteiger partial charge is 0.325 e. The second-order valence-electron chi connectivity index (χ2n) is 8.45. The van der Waals surface area contributed by atoms with Crippen molar-refractivity contribution in [3.8, 4) is 11.5 Å². The topological polar surface area (TPSA) is 123 Å². The minimum atomic E-state index is -0.997. The van der Waals surface area contributed by atoms with Gasteiger partial charge in [0.1, 0.15) is 5.54 Å². The number of urea groups is 1. The molecule has 166 valence electrons. The Morgan fingerprint density at radius 2 is 1.87 bits per heavy atom. The molecule has 10 nitrogen and oxygen atoms in total. The van der Waals surface area contributed by atoms with Gasteiger partial charge in [0.25, 0.3) is 17.6 Å². The Kier molecular flexibility index (Phi) is 5.24. The summed E-state index contributed by atoms with van der Waals surface area (Å²) in [5.41, 5.74) is -0.497. The van der Waals surface area contributed by atoms with Gasteiger partial charge in [-0.15, -0.1) is 0 Å². The molecule has 0 unspecified atom stereocenters. The van der Waals surface area contributed by atoms with Crippen LogP contribution >= 0.6 is 0 Å². The SMILES string of the molecule is CC1(C)NC(=O)N(CCC(=O)OCC(=O)Nc2ccc3c(c2)OC2(CCCC2)O3)C1=O. The van der Waals surface area contributed by atoms with Crippen LogP contribution in [0.25, 0.3) is 0 Å². The van der Waals surface area contributed by atoms with Crippen LogP contribution in [0.5, 0.6) is 11.5 Å². The van der Waals surface area contributed by atoms with Gasteiger partial charge < -0.3 is 24.8 Å². The molecule has 1 aliphatic carbocycles.